The van der Waals surface area contributed by atoms with Crippen molar-refractivity contribution < 1.29 is 23.8 Å². The summed E-state index contributed by atoms with van der Waals surface area (Å²) in [6.45, 7) is 1.65. The molecule has 2 N–H and O–H groups in total. The normalized spacial score (nSPS) is 10.7. The largest absolute Gasteiger partial charge is 0.497 e. The van der Waals surface area contributed by atoms with Gasteiger partial charge in [0, 0.05) is 11.4 Å². The van der Waals surface area contributed by atoms with Crippen LogP contribution in [0.2, 0.25) is 0 Å². The highest BCUT2D eigenvalue weighted by Gasteiger charge is 2.16. The second-order valence-electron chi connectivity index (χ2n) is 7.54. The molecule has 0 bridgehead atoms. The van der Waals surface area contributed by atoms with Gasteiger partial charge in [-0.3, -0.25) is 9.59 Å². The minimum absolute atomic E-state index is 0.106. The van der Waals surface area contributed by atoms with Gasteiger partial charge >= 0.3 is 0 Å². The number of aryl methyl sites for hydroxylation is 1. The van der Waals surface area contributed by atoms with E-state index in [4.69, 9.17) is 14.2 Å². The first-order valence-electron chi connectivity index (χ1n) is 10.8. The topological polar surface area (TPSA) is 110 Å². The molecule has 0 aliphatic carbocycles. The van der Waals surface area contributed by atoms with E-state index in [-0.39, 0.29) is 18.1 Å². The van der Waals surface area contributed by atoms with E-state index in [2.05, 4.69) is 26.6 Å². The van der Waals surface area contributed by atoms with Gasteiger partial charge in [-0.2, -0.15) is 5.26 Å². The highest BCUT2D eigenvalue weighted by molar-refractivity contribution is 9.10. The number of rotatable bonds is 9. The molecule has 0 spiro atoms. The molecular formula is C27H24BrN3O5. The van der Waals surface area contributed by atoms with Crippen molar-refractivity contribution in [1.82, 2.24) is 0 Å². The molecule has 184 valence electrons. The summed E-state index contributed by atoms with van der Waals surface area (Å²) in [6.07, 6.45) is 1.43. The molecule has 3 aromatic rings. The maximum absolute atomic E-state index is 12.6. The third kappa shape index (κ3) is 6.87. The summed E-state index contributed by atoms with van der Waals surface area (Å²) in [5, 5.41) is 15.0. The van der Waals surface area contributed by atoms with Crippen LogP contribution in [0.1, 0.15) is 11.1 Å². The van der Waals surface area contributed by atoms with Gasteiger partial charge in [0.05, 0.1) is 18.7 Å². The number of halogens is 1. The third-order valence-corrected chi connectivity index (χ3v) is 5.63. The lowest BCUT2D eigenvalue weighted by Crippen LogP contribution is -2.21. The fraction of sp³-hybridized carbons (Fsp3) is 0.148. The molecule has 2 amide bonds. The Hall–Kier alpha value is -4.29. The number of anilines is 2. The number of para-hydroxylation sites is 1. The maximum atomic E-state index is 12.6. The van der Waals surface area contributed by atoms with Crippen LogP contribution < -0.4 is 24.8 Å². The van der Waals surface area contributed by atoms with Crippen molar-refractivity contribution in [3.8, 4) is 23.3 Å². The van der Waals surface area contributed by atoms with Crippen molar-refractivity contribution >= 4 is 45.2 Å². The Bertz CT molecular complexity index is 1330. The van der Waals surface area contributed by atoms with Crippen LogP contribution in [0.4, 0.5) is 11.4 Å². The predicted molar refractivity (Wildman–Crippen MR) is 141 cm³/mol. The molecule has 8 nitrogen and oxygen atoms in total. The lowest BCUT2D eigenvalue weighted by Gasteiger charge is -2.14. The maximum Gasteiger partial charge on any atom is 0.266 e. The number of nitrogens with one attached hydrogen (secondary N) is 2. The monoisotopic (exact) mass is 549 g/mol. The zero-order chi connectivity index (χ0) is 26.1. The van der Waals surface area contributed by atoms with Crippen LogP contribution in [0.25, 0.3) is 6.08 Å². The van der Waals surface area contributed by atoms with Gasteiger partial charge < -0.3 is 24.8 Å². The first-order chi connectivity index (χ1) is 17.3. The smallest absolute Gasteiger partial charge is 0.266 e. The van der Waals surface area contributed by atoms with E-state index in [0.717, 1.165) is 5.56 Å². The van der Waals surface area contributed by atoms with E-state index in [9.17, 15) is 14.9 Å². The zero-order valence-electron chi connectivity index (χ0n) is 19.9. The molecule has 0 fully saturated rings. The molecule has 0 aliphatic heterocycles. The highest BCUT2D eigenvalue weighted by Crippen LogP contribution is 2.37. The molecule has 0 aliphatic rings. The Morgan fingerprint density at radius 1 is 1.03 bits per heavy atom. The van der Waals surface area contributed by atoms with Crippen LogP contribution in [-0.4, -0.2) is 32.6 Å². The quantitative estimate of drug-likeness (QED) is 0.275. The Kier molecular flexibility index (Phi) is 9.08. The summed E-state index contributed by atoms with van der Waals surface area (Å²) in [5.41, 5.74) is 2.58. The number of ether oxygens (including phenoxy) is 3. The van der Waals surface area contributed by atoms with Crippen LogP contribution in [0.15, 0.2) is 70.7 Å². The van der Waals surface area contributed by atoms with Gasteiger partial charge in [-0.25, -0.2) is 0 Å². The van der Waals surface area contributed by atoms with Crippen molar-refractivity contribution in [2.24, 2.45) is 0 Å². The third-order valence-electron chi connectivity index (χ3n) is 5.04. The number of nitriles is 1. The molecule has 0 saturated carbocycles. The predicted octanol–water partition coefficient (Wildman–Crippen LogP) is 5.34. The van der Waals surface area contributed by atoms with E-state index >= 15 is 0 Å². The Morgan fingerprint density at radius 2 is 1.75 bits per heavy atom. The number of nitrogens with zero attached hydrogens (tertiary/aromatic N) is 1. The number of hydrogen-bond acceptors (Lipinski definition) is 6. The van der Waals surface area contributed by atoms with Gasteiger partial charge in [-0.15, -0.1) is 0 Å². The van der Waals surface area contributed by atoms with Gasteiger partial charge in [0.15, 0.2) is 18.1 Å². The van der Waals surface area contributed by atoms with Gasteiger partial charge in [-0.05, 0) is 82.5 Å². The van der Waals surface area contributed by atoms with E-state index in [1.165, 1.54) is 13.2 Å². The lowest BCUT2D eigenvalue weighted by atomic mass is 10.1. The van der Waals surface area contributed by atoms with Gasteiger partial charge in [0.2, 0.25) is 0 Å². The van der Waals surface area contributed by atoms with E-state index in [1.54, 1.807) is 43.5 Å². The molecule has 0 atom stereocenters. The van der Waals surface area contributed by atoms with Gasteiger partial charge in [-0.1, -0.05) is 18.2 Å². The Balaban J connectivity index is 1.73. The standard InChI is InChI=1S/C27H24BrN3O5/c1-17-6-4-5-7-23(17)31-25(32)16-36-26-22(28)13-18(14-24(26)35-3)12-19(15-29)27(33)30-20-8-10-21(34-2)11-9-20/h4-14H,16H2,1-3H3,(H,30,33)(H,31,32)/b19-12-. The SMILES string of the molecule is COc1ccc(NC(=O)/C(C#N)=C\c2cc(Br)c(OCC(=O)Nc3ccccc3C)c(OC)c2)cc1. The number of carbonyl (C=O) groups is 2. The fourth-order valence-corrected chi connectivity index (χ4v) is 3.76. The van der Waals surface area contributed by atoms with Gasteiger partial charge in [0.25, 0.3) is 11.8 Å². The minimum atomic E-state index is -0.564. The van der Waals surface area contributed by atoms with Crippen molar-refractivity contribution in [3.63, 3.8) is 0 Å². The molecule has 0 unspecified atom stereocenters. The fourth-order valence-electron chi connectivity index (χ4n) is 3.19. The van der Waals surface area contributed by atoms with E-state index in [0.29, 0.717) is 38.7 Å². The molecule has 9 heteroatoms. The number of benzene rings is 3. The second kappa shape index (κ2) is 12.4. The van der Waals surface area contributed by atoms with Gasteiger partial charge in [0.1, 0.15) is 17.4 Å². The van der Waals surface area contributed by atoms with Crippen LogP contribution in [0.5, 0.6) is 17.2 Å². The first-order valence-corrected chi connectivity index (χ1v) is 11.6. The summed E-state index contributed by atoms with van der Waals surface area (Å²) >= 11 is 3.42. The summed E-state index contributed by atoms with van der Waals surface area (Å²) in [5.74, 6) is 0.397. The van der Waals surface area contributed by atoms with Crippen molar-refractivity contribution in [2.45, 2.75) is 6.92 Å². The van der Waals surface area contributed by atoms with Crippen LogP contribution in [0.3, 0.4) is 0 Å². The molecule has 0 saturated heterocycles. The van der Waals surface area contributed by atoms with Crippen molar-refractivity contribution in [3.05, 3.63) is 81.8 Å². The Labute approximate surface area is 217 Å². The average molecular weight is 550 g/mol. The highest BCUT2D eigenvalue weighted by atomic mass is 79.9. The number of hydrogen-bond donors (Lipinski definition) is 2. The Morgan fingerprint density at radius 3 is 2.39 bits per heavy atom. The summed E-state index contributed by atoms with van der Waals surface area (Å²) in [4.78, 5) is 25.0. The molecular weight excluding hydrogens is 526 g/mol. The molecule has 0 aromatic heterocycles. The second-order valence-corrected chi connectivity index (χ2v) is 8.39. The lowest BCUT2D eigenvalue weighted by molar-refractivity contribution is -0.118. The van der Waals surface area contributed by atoms with E-state index in [1.807, 2.05) is 37.3 Å². The van der Waals surface area contributed by atoms with Crippen LogP contribution in [0, 0.1) is 18.3 Å². The molecule has 3 aromatic carbocycles. The minimum Gasteiger partial charge on any atom is -0.497 e. The number of carbonyl (C=O) groups excluding carboxylic acids is 2. The summed E-state index contributed by atoms with van der Waals surface area (Å²) in [7, 11) is 3.00. The summed E-state index contributed by atoms with van der Waals surface area (Å²) in [6, 6.07) is 19.4. The molecule has 0 radical (unpaired) electrons. The van der Waals surface area contributed by atoms with Crippen molar-refractivity contribution in [1.29, 1.82) is 5.26 Å². The van der Waals surface area contributed by atoms with E-state index < -0.39 is 5.91 Å². The summed E-state index contributed by atoms with van der Waals surface area (Å²) < 4.78 is 16.7. The average Bonchev–Trinajstić information content (AvgIpc) is 2.88. The molecule has 36 heavy (non-hydrogen) atoms. The number of amides is 2. The van der Waals surface area contributed by atoms with Crippen LogP contribution >= 0.6 is 15.9 Å². The molecule has 3 rings (SSSR count). The van der Waals surface area contributed by atoms with Crippen molar-refractivity contribution in [2.75, 3.05) is 31.5 Å². The molecule has 0 heterocycles. The first kappa shape index (κ1) is 26.3. The zero-order valence-corrected chi connectivity index (χ0v) is 21.5. The number of methoxy groups -OCH3 is 2. The van der Waals surface area contributed by atoms with Crippen LogP contribution in [-0.2, 0) is 9.59 Å².